The fraction of sp³-hybridized carbons (Fsp3) is 0.696. The zero-order valence-corrected chi connectivity index (χ0v) is 17.6. The van der Waals surface area contributed by atoms with Crippen LogP contribution in [0.1, 0.15) is 71.4 Å². The summed E-state index contributed by atoms with van der Waals surface area (Å²) in [6.07, 6.45) is 4.59. The van der Waals surface area contributed by atoms with Crippen molar-refractivity contribution in [1.29, 1.82) is 0 Å². The molecule has 0 bridgehead atoms. The number of nitrogens with one attached hydrogen (secondary N) is 1. The highest BCUT2D eigenvalue weighted by atomic mass is 19.1. The average molecular weight is 375 g/mol. The number of hydrogen-bond donors (Lipinski definition) is 1. The molecule has 0 aromatic heterocycles. The lowest BCUT2D eigenvalue weighted by Gasteiger charge is -2.49. The quantitative estimate of drug-likeness (QED) is 0.796. The summed E-state index contributed by atoms with van der Waals surface area (Å²) in [5.74, 6) is 1.14. The molecule has 4 heteroatoms. The van der Waals surface area contributed by atoms with E-state index in [-0.39, 0.29) is 17.3 Å². The molecule has 2 aliphatic rings. The van der Waals surface area contributed by atoms with Gasteiger partial charge in [-0.2, -0.15) is 0 Å². The number of fused-ring (bicyclic) bond motifs is 1. The van der Waals surface area contributed by atoms with Gasteiger partial charge in [-0.1, -0.05) is 40.7 Å². The second-order valence-corrected chi connectivity index (χ2v) is 10.2. The molecule has 1 fully saturated rings. The Morgan fingerprint density at radius 1 is 1.26 bits per heavy atom. The molecule has 150 valence electrons. The molecular weight excluding hydrogens is 339 g/mol. The fourth-order valence-corrected chi connectivity index (χ4v) is 5.80. The Hall–Kier alpha value is -1.42. The third-order valence-corrected chi connectivity index (χ3v) is 6.11. The lowest BCUT2D eigenvalue weighted by Crippen LogP contribution is -2.55. The second-order valence-electron chi connectivity index (χ2n) is 10.2. The Balaban J connectivity index is 1.66. The molecule has 2 atom stereocenters. The van der Waals surface area contributed by atoms with Crippen LogP contribution in [0.2, 0.25) is 0 Å². The average Bonchev–Trinajstić information content (AvgIpc) is 2.93. The van der Waals surface area contributed by atoms with E-state index in [9.17, 15) is 9.18 Å². The highest BCUT2D eigenvalue weighted by Gasteiger charge is 2.43. The first-order valence-electron chi connectivity index (χ1n) is 10.4. The van der Waals surface area contributed by atoms with Crippen LogP contribution >= 0.6 is 0 Å². The van der Waals surface area contributed by atoms with Crippen LogP contribution in [0.4, 0.5) is 4.39 Å². The van der Waals surface area contributed by atoms with Crippen molar-refractivity contribution in [3.8, 4) is 0 Å². The summed E-state index contributed by atoms with van der Waals surface area (Å²) < 4.78 is 13.4. The number of rotatable bonds is 5. The number of hydrogen-bond acceptors (Lipinski definition) is 2. The van der Waals surface area contributed by atoms with Gasteiger partial charge in [0.25, 0.3) is 0 Å². The number of amides is 1. The van der Waals surface area contributed by atoms with Crippen LogP contribution in [-0.4, -0.2) is 22.9 Å². The second kappa shape index (κ2) is 7.54. The normalized spacial score (nSPS) is 27.1. The predicted octanol–water partition coefficient (Wildman–Crippen LogP) is 4.89. The van der Waals surface area contributed by atoms with E-state index in [2.05, 4.69) is 39.9 Å². The van der Waals surface area contributed by atoms with Crippen molar-refractivity contribution in [3.05, 3.63) is 35.1 Å². The molecule has 1 aliphatic heterocycles. The van der Waals surface area contributed by atoms with Gasteiger partial charge < -0.3 is 10.2 Å². The van der Waals surface area contributed by atoms with Gasteiger partial charge in [0.2, 0.25) is 5.91 Å². The van der Waals surface area contributed by atoms with Crippen molar-refractivity contribution < 1.29 is 9.18 Å². The maximum atomic E-state index is 13.4. The molecule has 1 aromatic rings. The van der Waals surface area contributed by atoms with Gasteiger partial charge in [-0.05, 0) is 66.2 Å². The van der Waals surface area contributed by atoms with E-state index in [1.807, 2.05) is 4.90 Å². The standard InChI is InChI=1S/C23H35FN2O/c1-16(2)9-23(11-17(3)10-22(4,5)15-23)25-12-21(27)26-13-18-6-7-20(24)8-19(18)14-26/h6-8,16-17,25H,9-15H2,1-5H3. The molecule has 0 spiro atoms. The van der Waals surface area contributed by atoms with E-state index in [1.165, 1.54) is 12.5 Å². The summed E-state index contributed by atoms with van der Waals surface area (Å²) in [6, 6.07) is 4.84. The third kappa shape index (κ3) is 4.90. The highest BCUT2D eigenvalue weighted by molar-refractivity contribution is 5.79. The summed E-state index contributed by atoms with van der Waals surface area (Å²) >= 11 is 0. The SMILES string of the molecule is CC(C)CC1(NCC(=O)N2Cc3ccc(F)cc3C2)CC(C)CC(C)(C)C1. The number of carbonyl (C=O) groups is 1. The maximum absolute atomic E-state index is 13.4. The van der Waals surface area contributed by atoms with Crippen LogP contribution in [0.25, 0.3) is 0 Å². The highest BCUT2D eigenvalue weighted by Crippen LogP contribution is 2.46. The van der Waals surface area contributed by atoms with Crippen molar-refractivity contribution >= 4 is 5.91 Å². The molecule has 1 aliphatic carbocycles. The molecule has 1 aromatic carbocycles. The maximum Gasteiger partial charge on any atom is 0.237 e. The summed E-state index contributed by atoms with van der Waals surface area (Å²) in [5.41, 5.74) is 2.33. The molecule has 1 amide bonds. The van der Waals surface area contributed by atoms with Crippen LogP contribution in [0.5, 0.6) is 0 Å². The summed E-state index contributed by atoms with van der Waals surface area (Å²) in [5, 5.41) is 3.70. The predicted molar refractivity (Wildman–Crippen MR) is 108 cm³/mol. The van der Waals surface area contributed by atoms with Gasteiger partial charge in [0, 0.05) is 18.6 Å². The third-order valence-electron chi connectivity index (χ3n) is 6.11. The molecule has 1 N–H and O–H groups in total. The van der Waals surface area contributed by atoms with Crippen molar-refractivity contribution in [3.63, 3.8) is 0 Å². The number of benzene rings is 1. The topological polar surface area (TPSA) is 32.3 Å². The first-order valence-corrected chi connectivity index (χ1v) is 10.4. The first-order chi connectivity index (χ1) is 12.6. The Kier molecular flexibility index (Phi) is 5.67. The summed E-state index contributed by atoms with van der Waals surface area (Å²) in [7, 11) is 0. The molecular formula is C23H35FN2O. The minimum atomic E-state index is -0.226. The molecule has 0 radical (unpaired) electrons. The molecule has 3 rings (SSSR count). The van der Waals surface area contributed by atoms with Crippen LogP contribution in [-0.2, 0) is 17.9 Å². The Labute approximate surface area is 163 Å². The van der Waals surface area contributed by atoms with Crippen LogP contribution in [0, 0.1) is 23.1 Å². The van der Waals surface area contributed by atoms with Gasteiger partial charge in [0.1, 0.15) is 5.82 Å². The lowest BCUT2D eigenvalue weighted by molar-refractivity contribution is -0.131. The molecule has 3 nitrogen and oxygen atoms in total. The van der Waals surface area contributed by atoms with E-state index in [0.29, 0.717) is 36.9 Å². The molecule has 1 heterocycles. The molecule has 1 saturated carbocycles. The molecule has 27 heavy (non-hydrogen) atoms. The van der Waals surface area contributed by atoms with Crippen LogP contribution < -0.4 is 5.32 Å². The summed E-state index contributed by atoms with van der Waals surface area (Å²) in [4.78, 5) is 14.7. The van der Waals surface area contributed by atoms with Gasteiger partial charge in [-0.3, -0.25) is 4.79 Å². The molecule has 0 saturated heterocycles. The Morgan fingerprint density at radius 3 is 2.63 bits per heavy atom. The van der Waals surface area contributed by atoms with Crippen LogP contribution in [0.15, 0.2) is 18.2 Å². The fourth-order valence-electron chi connectivity index (χ4n) is 5.80. The monoisotopic (exact) mass is 374 g/mol. The Morgan fingerprint density at radius 2 is 1.96 bits per heavy atom. The van der Waals surface area contributed by atoms with Crippen molar-refractivity contribution in [2.45, 2.75) is 78.9 Å². The van der Waals surface area contributed by atoms with E-state index in [1.54, 1.807) is 12.1 Å². The van der Waals surface area contributed by atoms with Crippen molar-refractivity contribution in [2.24, 2.45) is 17.3 Å². The smallest absolute Gasteiger partial charge is 0.237 e. The van der Waals surface area contributed by atoms with E-state index < -0.39 is 0 Å². The Bertz CT molecular complexity index is 696. The van der Waals surface area contributed by atoms with Crippen molar-refractivity contribution in [2.75, 3.05) is 6.54 Å². The summed E-state index contributed by atoms with van der Waals surface area (Å²) in [6.45, 7) is 13.1. The van der Waals surface area contributed by atoms with Crippen LogP contribution in [0.3, 0.4) is 0 Å². The van der Waals surface area contributed by atoms with Gasteiger partial charge >= 0.3 is 0 Å². The van der Waals surface area contributed by atoms with Gasteiger partial charge in [0.05, 0.1) is 6.54 Å². The first kappa shape index (κ1) is 20.3. The van der Waals surface area contributed by atoms with Gasteiger partial charge in [-0.15, -0.1) is 0 Å². The minimum absolute atomic E-state index is 0.0314. The zero-order chi connectivity index (χ0) is 19.8. The number of halogens is 1. The van der Waals surface area contributed by atoms with Gasteiger partial charge in [0.15, 0.2) is 0 Å². The van der Waals surface area contributed by atoms with E-state index in [0.717, 1.165) is 30.4 Å². The van der Waals surface area contributed by atoms with Gasteiger partial charge in [-0.25, -0.2) is 4.39 Å². The number of carbonyl (C=O) groups excluding carboxylic acids is 1. The van der Waals surface area contributed by atoms with E-state index in [4.69, 9.17) is 0 Å². The lowest BCUT2D eigenvalue weighted by atomic mass is 9.62. The zero-order valence-electron chi connectivity index (χ0n) is 17.6. The molecule has 2 unspecified atom stereocenters. The van der Waals surface area contributed by atoms with E-state index >= 15 is 0 Å². The van der Waals surface area contributed by atoms with Crippen molar-refractivity contribution in [1.82, 2.24) is 10.2 Å². The minimum Gasteiger partial charge on any atom is -0.333 e. The number of nitrogens with zero attached hydrogens (tertiary/aromatic N) is 1. The largest absolute Gasteiger partial charge is 0.333 e.